The summed E-state index contributed by atoms with van der Waals surface area (Å²) >= 11 is 0. The molecule has 0 radical (unpaired) electrons. The fourth-order valence-corrected chi connectivity index (χ4v) is 3.58. The van der Waals surface area contributed by atoms with Gasteiger partial charge in [-0.15, -0.1) is 0 Å². The summed E-state index contributed by atoms with van der Waals surface area (Å²) in [4.78, 5) is 16.4. The highest BCUT2D eigenvalue weighted by Gasteiger charge is 2.31. The van der Waals surface area contributed by atoms with Gasteiger partial charge in [0.25, 0.3) is 16.0 Å². The Bertz CT molecular complexity index is 867. The molecular weight excluding hydrogens is 356 g/mol. The molecule has 1 aromatic carbocycles. The van der Waals surface area contributed by atoms with E-state index in [-0.39, 0.29) is 24.5 Å². The Hall–Kier alpha value is -2.26. The van der Waals surface area contributed by atoms with E-state index in [4.69, 9.17) is 4.18 Å². The summed E-state index contributed by atoms with van der Waals surface area (Å²) in [6.07, 6.45) is 5.77. The lowest BCUT2D eigenvalue weighted by Crippen LogP contribution is -2.46. The van der Waals surface area contributed by atoms with Crippen LogP contribution in [0, 0.1) is 5.92 Å². The number of rotatable bonds is 5. The van der Waals surface area contributed by atoms with Gasteiger partial charge in [0.15, 0.2) is 0 Å². The SMILES string of the molecule is C[C@@H]1CC[C@@H](COS(C)(=O)=O)CN1C(=O)c1ccccc1-n1nccn1. The van der Waals surface area contributed by atoms with E-state index in [0.717, 1.165) is 19.1 Å². The molecule has 8 nitrogen and oxygen atoms in total. The number of para-hydroxylation sites is 1. The first-order chi connectivity index (χ1) is 12.3. The number of nitrogens with zero attached hydrogens (tertiary/aromatic N) is 4. The van der Waals surface area contributed by atoms with Gasteiger partial charge in [0.1, 0.15) is 0 Å². The van der Waals surface area contributed by atoms with Gasteiger partial charge < -0.3 is 4.90 Å². The minimum absolute atomic E-state index is 0.0140. The average molecular weight is 378 g/mol. The molecule has 3 rings (SSSR count). The molecule has 0 spiro atoms. The standard InChI is InChI=1S/C17H22N4O4S/c1-13-7-8-14(12-25-26(2,23)24)11-20(13)17(22)15-5-3-4-6-16(15)21-18-9-10-19-21/h3-6,9-10,13-14H,7-8,11-12H2,1-2H3/t13-,14-/m1/s1. The predicted molar refractivity (Wildman–Crippen MR) is 95.4 cm³/mol. The first-order valence-corrected chi connectivity index (χ1v) is 10.3. The van der Waals surface area contributed by atoms with Crippen LogP contribution in [-0.2, 0) is 14.3 Å². The van der Waals surface area contributed by atoms with Crippen LogP contribution < -0.4 is 0 Å². The second kappa shape index (κ2) is 7.55. The van der Waals surface area contributed by atoms with Crippen molar-refractivity contribution in [2.75, 3.05) is 19.4 Å². The molecule has 2 aromatic rings. The number of aromatic nitrogens is 3. The highest BCUT2D eigenvalue weighted by Crippen LogP contribution is 2.26. The molecule has 1 aliphatic rings. The fraction of sp³-hybridized carbons (Fsp3) is 0.471. The van der Waals surface area contributed by atoms with Gasteiger partial charge in [-0.25, -0.2) is 0 Å². The number of likely N-dealkylation sites (tertiary alicyclic amines) is 1. The lowest BCUT2D eigenvalue weighted by Gasteiger charge is -2.38. The number of hydrogen-bond donors (Lipinski definition) is 0. The maximum atomic E-state index is 13.2. The number of benzene rings is 1. The van der Waals surface area contributed by atoms with Crippen molar-refractivity contribution < 1.29 is 17.4 Å². The molecule has 0 aliphatic carbocycles. The Morgan fingerprint density at radius 3 is 2.62 bits per heavy atom. The number of carbonyl (C=O) groups is 1. The van der Waals surface area contributed by atoms with Gasteiger partial charge in [0.05, 0.1) is 36.5 Å². The molecule has 0 saturated carbocycles. The third-order valence-electron chi connectivity index (χ3n) is 4.53. The predicted octanol–water partition coefficient (Wildman–Crippen LogP) is 1.48. The van der Waals surface area contributed by atoms with Crippen LogP contribution in [-0.4, -0.2) is 59.7 Å². The minimum Gasteiger partial charge on any atom is -0.336 e. The summed E-state index contributed by atoms with van der Waals surface area (Å²) in [5.74, 6) is -0.130. The van der Waals surface area contributed by atoms with Crippen molar-refractivity contribution in [3.63, 3.8) is 0 Å². The molecule has 9 heteroatoms. The highest BCUT2D eigenvalue weighted by atomic mass is 32.2. The molecule has 140 valence electrons. The van der Waals surface area contributed by atoms with Crippen molar-refractivity contribution in [3.8, 4) is 5.69 Å². The maximum Gasteiger partial charge on any atom is 0.264 e. The van der Waals surface area contributed by atoms with E-state index < -0.39 is 10.1 Å². The molecule has 26 heavy (non-hydrogen) atoms. The van der Waals surface area contributed by atoms with Gasteiger partial charge in [-0.05, 0) is 31.9 Å². The first-order valence-electron chi connectivity index (χ1n) is 8.46. The molecule has 1 saturated heterocycles. The van der Waals surface area contributed by atoms with Crippen molar-refractivity contribution in [1.29, 1.82) is 0 Å². The van der Waals surface area contributed by atoms with E-state index in [1.165, 1.54) is 4.80 Å². The zero-order valence-electron chi connectivity index (χ0n) is 14.8. The van der Waals surface area contributed by atoms with Crippen molar-refractivity contribution in [2.24, 2.45) is 5.92 Å². The van der Waals surface area contributed by atoms with Crippen LogP contribution in [0.15, 0.2) is 36.7 Å². The number of piperidine rings is 1. The van der Waals surface area contributed by atoms with Crippen LogP contribution in [0.2, 0.25) is 0 Å². The third kappa shape index (κ3) is 4.28. The molecule has 1 amide bonds. The molecular formula is C17H22N4O4S. The zero-order valence-corrected chi connectivity index (χ0v) is 15.6. The first kappa shape index (κ1) is 18.5. The smallest absolute Gasteiger partial charge is 0.264 e. The second-order valence-electron chi connectivity index (χ2n) is 6.57. The summed E-state index contributed by atoms with van der Waals surface area (Å²) in [7, 11) is -3.49. The highest BCUT2D eigenvalue weighted by molar-refractivity contribution is 7.85. The summed E-state index contributed by atoms with van der Waals surface area (Å²) < 4.78 is 27.4. The summed E-state index contributed by atoms with van der Waals surface area (Å²) in [5.41, 5.74) is 1.13. The molecule has 0 bridgehead atoms. The van der Waals surface area contributed by atoms with E-state index in [9.17, 15) is 13.2 Å². The van der Waals surface area contributed by atoms with E-state index in [1.807, 2.05) is 13.0 Å². The maximum absolute atomic E-state index is 13.2. The monoisotopic (exact) mass is 378 g/mol. The number of hydrogen-bond acceptors (Lipinski definition) is 6. The van der Waals surface area contributed by atoms with Crippen molar-refractivity contribution >= 4 is 16.0 Å². The Morgan fingerprint density at radius 2 is 1.92 bits per heavy atom. The van der Waals surface area contributed by atoms with Crippen LogP contribution in [0.3, 0.4) is 0 Å². The van der Waals surface area contributed by atoms with Gasteiger partial charge in [-0.3, -0.25) is 8.98 Å². The molecule has 2 heterocycles. The second-order valence-corrected chi connectivity index (χ2v) is 8.22. The normalized spacial score (nSPS) is 20.9. The van der Waals surface area contributed by atoms with Crippen molar-refractivity contribution in [1.82, 2.24) is 19.9 Å². The van der Waals surface area contributed by atoms with Gasteiger partial charge in [0, 0.05) is 18.5 Å². The topological polar surface area (TPSA) is 94.4 Å². The van der Waals surface area contributed by atoms with Gasteiger partial charge >= 0.3 is 0 Å². The van der Waals surface area contributed by atoms with Crippen LogP contribution in [0.5, 0.6) is 0 Å². The molecule has 0 N–H and O–H groups in total. The molecule has 1 aromatic heterocycles. The van der Waals surface area contributed by atoms with Gasteiger partial charge in [-0.2, -0.15) is 23.4 Å². The largest absolute Gasteiger partial charge is 0.336 e. The number of carbonyl (C=O) groups excluding carboxylic acids is 1. The zero-order chi connectivity index (χ0) is 18.7. The molecule has 2 atom stereocenters. The van der Waals surface area contributed by atoms with Crippen LogP contribution in [0.25, 0.3) is 5.69 Å². The fourth-order valence-electron chi connectivity index (χ4n) is 3.14. The Balaban J connectivity index is 1.80. The van der Waals surface area contributed by atoms with E-state index in [2.05, 4.69) is 10.2 Å². The van der Waals surface area contributed by atoms with Crippen molar-refractivity contribution in [2.45, 2.75) is 25.8 Å². The summed E-state index contributed by atoms with van der Waals surface area (Å²) in [5, 5.41) is 8.23. The van der Waals surface area contributed by atoms with Crippen LogP contribution in [0.1, 0.15) is 30.1 Å². The summed E-state index contributed by atoms with van der Waals surface area (Å²) in [6.45, 7) is 2.55. The molecule has 1 aliphatic heterocycles. The number of amides is 1. The molecule has 0 unspecified atom stereocenters. The van der Waals surface area contributed by atoms with Gasteiger partial charge in [-0.1, -0.05) is 12.1 Å². The van der Waals surface area contributed by atoms with Crippen LogP contribution in [0.4, 0.5) is 0 Å². The Kier molecular flexibility index (Phi) is 5.38. The van der Waals surface area contributed by atoms with Crippen LogP contribution >= 0.6 is 0 Å². The third-order valence-corrected chi connectivity index (χ3v) is 5.09. The quantitative estimate of drug-likeness (QED) is 0.732. The minimum atomic E-state index is -3.49. The summed E-state index contributed by atoms with van der Waals surface area (Å²) in [6, 6.07) is 7.25. The lowest BCUT2D eigenvalue weighted by atomic mass is 9.93. The molecule has 1 fully saturated rings. The van der Waals surface area contributed by atoms with E-state index >= 15 is 0 Å². The van der Waals surface area contributed by atoms with E-state index in [0.29, 0.717) is 17.8 Å². The van der Waals surface area contributed by atoms with Gasteiger partial charge in [0.2, 0.25) is 0 Å². The average Bonchev–Trinajstić information content (AvgIpc) is 3.14. The van der Waals surface area contributed by atoms with E-state index in [1.54, 1.807) is 35.5 Å². The Labute approximate surface area is 152 Å². The lowest BCUT2D eigenvalue weighted by molar-refractivity contribution is 0.0510. The Morgan fingerprint density at radius 1 is 1.23 bits per heavy atom. The van der Waals surface area contributed by atoms with Crippen molar-refractivity contribution in [3.05, 3.63) is 42.2 Å².